The van der Waals surface area contributed by atoms with Crippen molar-refractivity contribution in [3.8, 4) is 0 Å². The Balaban J connectivity index is 2.76. The van der Waals surface area contributed by atoms with Gasteiger partial charge in [0.25, 0.3) is 0 Å². The second kappa shape index (κ2) is 4.00. The molecule has 0 aliphatic carbocycles. The fourth-order valence-electron chi connectivity index (χ4n) is 1.07. The highest BCUT2D eigenvalue weighted by molar-refractivity contribution is 5.74. The molecule has 1 amide bonds. The van der Waals surface area contributed by atoms with Crippen LogP contribution in [-0.2, 0) is 4.79 Å². The second-order valence-electron chi connectivity index (χ2n) is 2.83. The SMILES string of the molecule is NC(=O)CC(N)c1cccc(F)c1. The van der Waals surface area contributed by atoms with E-state index in [2.05, 4.69) is 0 Å². The van der Waals surface area contributed by atoms with Gasteiger partial charge in [-0.05, 0) is 17.7 Å². The quantitative estimate of drug-likeness (QED) is 0.722. The summed E-state index contributed by atoms with van der Waals surface area (Å²) in [6, 6.07) is 5.31. The molecule has 4 heteroatoms. The summed E-state index contributed by atoms with van der Waals surface area (Å²) in [4.78, 5) is 10.5. The van der Waals surface area contributed by atoms with E-state index in [-0.39, 0.29) is 12.2 Å². The van der Waals surface area contributed by atoms with E-state index in [1.165, 1.54) is 12.1 Å². The molecule has 1 rings (SSSR count). The molecule has 0 spiro atoms. The Bertz CT molecular complexity index is 314. The molecular formula is C9H11FN2O. The first-order valence-corrected chi connectivity index (χ1v) is 3.89. The number of carbonyl (C=O) groups excluding carboxylic acids is 1. The van der Waals surface area contributed by atoms with Gasteiger partial charge in [0.1, 0.15) is 5.82 Å². The van der Waals surface area contributed by atoms with Crippen LogP contribution in [0.15, 0.2) is 24.3 Å². The maximum Gasteiger partial charge on any atom is 0.219 e. The Morgan fingerprint density at radius 1 is 1.54 bits per heavy atom. The smallest absolute Gasteiger partial charge is 0.219 e. The Morgan fingerprint density at radius 3 is 2.77 bits per heavy atom. The molecule has 0 heterocycles. The lowest BCUT2D eigenvalue weighted by Crippen LogP contribution is -2.20. The van der Waals surface area contributed by atoms with Crippen LogP contribution in [0, 0.1) is 5.82 Å². The van der Waals surface area contributed by atoms with Gasteiger partial charge in [0.05, 0.1) is 0 Å². The standard InChI is InChI=1S/C9H11FN2O/c10-7-3-1-2-6(4-7)8(11)5-9(12)13/h1-4,8H,5,11H2,(H2,12,13). The maximum absolute atomic E-state index is 12.7. The zero-order valence-corrected chi connectivity index (χ0v) is 7.03. The molecule has 0 bridgehead atoms. The van der Waals surface area contributed by atoms with Gasteiger partial charge in [-0.1, -0.05) is 12.1 Å². The van der Waals surface area contributed by atoms with Crippen LogP contribution in [-0.4, -0.2) is 5.91 Å². The molecule has 0 aromatic heterocycles. The van der Waals surface area contributed by atoms with Crippen LogP contribution in [0.1, 0.15) is 18.0 Å². The number of hydrogen-bond donors (Lipinski definition) is 2. The van der Waals surface area contributed by atoms with E-state index in [1.807, 2.05) is 0 Å². The molecule has 70 valence electrons. The van der Waals surface area contributed by atoms with Crippen molar-refractivity contribution in [2.75, 3.05) is 0 Å². The summed E-state index contributed by atoms with van der Waals surface area (Å²) >= 11 is 0. The molecule has 1 aromatic carbocycles. The number of benzene rings is 1. The van der Waals surface area contributed by atoms with Gasteiger partial charge >= 0.3 is 0 Å². The van der Waals surface area contributed by atoms with E-state index in [0.717, 1.165) is 0 Å². The summed E-state index contributed by atoms with van der Waals surface area (Å²) in [5.41, 5.74) is 11.1. The Labute approximate surface area is 75.5 Å². The van der Waals surface area contributed by atoms with Gasteiger partial charge in [0, 0.05) is 12.5 Å². The van der Waals surface area contributed by atoms with Gasteiger partial charge in [-0.25, -0.2) is 4.39 Å². The van der Waals surface area contributed by atoms with Crippen LogP contribution in [0.5, 0.6) is 0 Å². The lowest BCUT2D eigenvalue weighted by atomic mass is 10.0. The largest absolute Gasteiger partial charge is 0.370 e. The maximum atomic E-state index is 12.7. The van der Waals surface area contributed by atoms with Gasteiger partial charge in [0.2, 0.25) is 5.91 Å². The minimum atomic E-state index is -0.520. The van der Waals surface area contributed by atoms with Gasteiger partial charge in [-0.15, -0.1) is 0 Å². The predicted octanol–water partition coefficient (Wildman–Crippen LogP) is 0.701. The van der Waals surface area contributed by atoms with Crippen molar-refractivity contribution < 1.29 is 9.18 Å². The molecule has 13 heavy (non-hydrogen) atoms. The molecule has 1 unspecified atom stereocenters. The number of rotatable bonds is 3. The number of amides is 1. The third-order valence-corrected chi connectivity index (χ3v) is 1.70. The fourth-order valence-corrected chi connectivity index (χ4v) is 1.07. The molecule has 1 aromatic rings. The summed E-state index contributed by atoms with van der Waals surface area (Å²) in [6.07, 6.45) is 0.0312. The summed E-state index contributed by atoms with van der Waals surface area (Å²) in [6.45, 7) is 0. The van der Waals surface area contributed by atoms with E-state index in [9.17, 15) is 9.18 Å². The Kier molecular flexibility index (Phi) is 2.97. The highest BCUT2D eigenvalue weighted by Crippen LogP contribution is 2.14. The lowest BCUT2D eigenvalue weighted by Gasteiger charge is -2.08. The van der Waals surface area contributed by atoms with E-state index in [1.54, 1.807) is 12.1 Å². The van der Waals surface area contributed by atoms with E-state index < -0.39 is 11.9 Å². The monoisotopic (exact) mass is 182 g/mol. The lowest BCUT2D eigenvalue weighted by molar-refractivity contribution is -0.118. The molecule has 0 radical (unpaired) electrons. The normalized spacial score (nSPS) is 12.5. The van der Waals surface area contributed by atoms with Crippen LogP contribution in [0.25, 0.3) is 0 Å². The van der Waals surface area contributed by atoms with Crippen molar-refractivity contribution in [1.29, 1.82) is 0 Å². The minimum Gasteiger partial charge on any atom is -0.370 e. The van der Waals surface area contributed by atoms with Crippen molar-refractivity contribution in [3.63, 3.8) is 0 Å². The first-order chi connectivity index (χ1) is 6.09. The molecule has 0 fully saturated rings. The third kappa shape index (κ3) is 2.83. The van der Waals surface area contributed by atoms with Gasteiger partial charge in [0.15, 0.2) is 0 Å². The minimum absolute atomic E-state index is 0.0312. The summed E-state index contributed by atoms with van der Waals surface area (Å²) in [5, 5.41) is 0. The van der Waals surface area contributed by atoms with E-state index in [4.69, 9.17) is 11.5 Å². The number of primary amides is 1. The number of halogens is 1. The van der Waals surface area contributed by atoms with Crippen LogP contribution >= 0.6 is 0 Å². The second-order valence-corrected chi connectivity index (χ2v) is 2.83. The zero-order chi connectivity index (χ0) is 9.84. The molecular weight excluding hydrogens is 171 g/mol. The van der Waals surface area contributed by atoms with Crippen LogP contribution in [0.2, 0.25) is 0 Å². The average Bonchev–Trinajstić information content (AvgIpc) is 2.03. The molecule has 3 nitrogen and oxygen atoms in total. The molecule has 1 atom stereocenters. The molecule has 0 aliphatic heterocycles. The predicted molar refractivity (Wildman–Crippen MR) is 47.1 cm³/mol. The van der Waals surface area contributed by atoms with Crippen molar-refractivity contribution in [1.82, 2.24) is 0 Å². The first kappa shape index (κ1) is 9.67. The van der Waals surface area contributed by atoms with Crippen molar-refractivity contribution in [2.24, 2.45) is 11.5 Å². The van der Waals surface area contributed by atoms with Crippen molar-refractivity contribution >= 4 is 5.91 Å². The van der Waals surface area contributed by atoms with Crippen molar-refractivity contribution in [3.05, 3.63) is 35.6 Å². The summed E-state index contributed by atoms with van der Waals surface area (Å²) in [5.74, 6) is -0.853. The van der Waals surface area contributed by atoms with Crippen LogP contribution in [0.4, 0.5) is 4.39 Å². The third-order valence-electron chi connectivity index (χ3n) is 1.70. The van der Waals surface area contributed by atoms with Crippen molar-refractivity contribution in [2.45, 2.75) is 12.5 Å². The van der Waals surface area contributed by atoms with Gasteiger partial charge < -0.3 is 11.5 Å². The van der Waals surface area contributed by atoms with Gasteiger partial charge in [-0.2, -0.15) is 0 Å². The number of carbonyl (C=O) groups is 1. The van der Waals surface area contributed by atoms with E-state index in [0.29, 0.717) is 5.56 Å². The van der Waals surface area contributed by atoms with Crippen LogP contribution < -0.4 is 11.5 Å². The average molecular weight is 182 g/mol. The molecule has 0 saturated heterocycles. The molecule has 4 N–H and O–H groups in total. The van der Waals surface area contributed by atoms with Gasteiger partial charge in [-0.3, -0.25) is 4.79 Å². The Morgan fingerprint density at radius 2 is 2.23 bits per heavy atom. The Hall–Kier alpha value is -1.42. The number of hydrogen-bond acceptors (Lipinski definition) is 2. The summed E-state index contributed by atoms with van der Waals surface area (Å²) < 4.78 is 12.7. The zero-order valence-electron chi connectivity index (χ0n) is 7.03. The fraction of sp³-hybridized carbons (Fsp3) is 0.222. The highest BCUT2D eigenvalue weighted by atomic mass is 19.1. The molecule has 0 aliphatic rings. The number of nitrogens with two attached hydrogens (primary N) is 2. The van der Waals surface area contributed by atoms with Crippen LogP contribution in [0.3, 0.4) is 0 Å². The topological polar surface area (TPSA) is 69.1 Å². The summed E-state index contributed by atoms with van der Waals surface area (Å²) in [7, 11) is 0. The first-order valence-electron chi connectivity index (χ1n) is 3.89. The highest BCUT2D eigenvalue weighted by Gasteiger charge is 2.09. The van der Waals surface area contributed by atoms with E-state index >= 15 is 0 Å². The molecule has 0 saturated carbocycles.